The summed E-state index contributed by atoms with van der Waals surface area (Å²) in [6.45, 7) is 2.75. The fraction of sp³-hybridized carbons (Fsp3) is 0.588. The summed E-state index contributed by atoms with van der Waals surface area (Å²) >= 11 is 0. The monoisotopic (exact) mass is 306 g/mol. The molecule has 1 aromatic carbocycles. The molecule has 1 aliphatic carbocycles. The van der Waals surface area contributed by atoms with E-state index in [2.05, 4.69) is 10.6 Å². The van der Waals surface area contributed by atoms with E-state index in [9.17, 15) is 4.79 Å². The van der Waals surface area contributed by atoms with Crippen molar-refractivity contribution in [2.24, 2.45) is 0 Å². The average Bonchev–Trinajstić information content (AvgIpc) is 2.78. The van der Waals surface area contributed by atoms with E-state index < -0.39 is 0 Å². The van der Waals surface area contributed by atoms with Gasteiger partial charge in [-0.2, -0.15) is 0 Å². The van der Waals surface area contributed by atoms with Gasteiger partial charge in [0.15, 0.2) is 6.73 Å². The number of carbonyl (C=O) groups excluding carboxylic acids is 1. The number of amides is 2. The maximum Gasteiger partial charge on any atom is 0.317 e. The molecule has 0 unspecified atom stereocenters. The summed E-state index contributed by atoms with van der Waals surface area (Å²) in [5.41, 5.74) is 0. The Bertz CT molecular complexity index is 440. The molecule has 0 heterocycles. The molecule has 0 bridgehead atoms. The van der Waals surface area contributed by atoms with E-state index in [1.165, 1.54) is 25.7 Å². The van der Waals surface area contributed by atoms with Crippen LogP contribution < -0.4 is 20.1 Å². The quantitative estimate of drug-likeness (QED) is 0.625. The average molecular weight is 306 g/mol. The third kappa shape index (κ3) is 5.84. The standard InChI is InChI=1S/C17H26N2O3/c1-2-21-15-9-11-16(12-10-15)22-13-18-17(20)19-14-7-5-3-4-6-8-14/h9-12,14H,2-8,13H2,1H3,(H2,18,19,20). The van der Waals surface area contributed by atoms with Crippen molar-refractivity contribution in [3.8, 4) is 11.5 Å². The van der Waals surface area contributed by atoms with Crippen LogP contribution in [0.15, 0.2) is 24.3 Å². The second kappa shape index (κ2) is 9.18. The predicted molar refractivity (Wildman–Crippen MR) is 86.3 cm³/mol. The molecule has 2 rings (SSSR count). The molecule has 1 aliphatic rings. The van der Waals surface area contributed by atoms with Crippen molar-refractivity contribution in [3.63, 3.8) is 0 Å². The molecule has 22 heavy (non-hydrogen) atoms. The van der Waals surface area contributed by atoms with Gasteiger partial charge in [-0.1, -0.05) is 25.7 Å². The van der Waals surface area contributed by atoms with Crippen LogP contribution in [0.1, 0.15) is 45.4 Å². The number of hydrogen-bond acceptors (Lipinski definition) is 3. The molecule has 1 aromatic rings. The van der Waals surface area contributed by atoms with Crippen molar-refractivity contribution in [2.75, 3.05) is 13.3 Å². The first-order chi connectivity index (χ1) is 10.8. The van der Waals surface area contributed by atoms with E-state index >= 15 is 0 Å². The Hall–Kier alpha value is -1.91. The van der Waals surface area contributed by atoms with Crippen molar-refractivity contribution < 1.29 is 14.3 Å². The number of ether oxygens (including phenoxy) is 2. The lowest BCUT2D eigenvalue weighted by Gasteiger charge is -2.17. The van der Waals surface area contributed by atoms with Gasteiger partial charge in [0.1, 0.15) is 11.5 Å². The highest BCUT2D eigenvalue weighted by Gasteiger charge is 2.14. The molecule has 5 heteroatoms. The molecule has 5 nitrogen and oxygen atoms in total. The van der Waals surface area contributed by atoms with Gasteiger partial charge in [-0.25, -0.2) is 4.79 Å². The fourth-order valence-corrected chi connectivity index (χ4v) is 2.64. The minimum absolute atomic E-state index is 0.155. The van der Waals surface area contributed by atoms with Crippen LogP contribution in [-0.2, 0) is 0 Å². The summed E-state index contributed by atoms with van der Waals surface area (Å²) in [5, 5.41) is 5.76. The van der Waals surface area contributed by atoms with Crippen LogP contribution in [0.4, 0.5) is 4.79 Å². The Labute approximate surface area is 132 Å². The highest BCUT2D eigenvalue weighted by atomic mass is 16.5. The first-order valence-electron chi connectivity index (χ1n) is 8.18. The number of urea groups is 1. The van der Waals surface area contributed by atoms with Gasteiger partial charge in [-0.3, -0.25) is 0 Å². The lowest BCUT2D eigenvalue weighted by Crippen LogP contribution is -2.43. The van der Waals surface area contributed by atoms with Crippen LogP contribution in [0.2, 0.25) is 0 Å². The molecule has 1 saturated carbocycles. The van der Waals surface area contributed by atoms with Crippen molar-refractivity contribution >= 4 is 6.03 Å². The smallest absolute Gasteiger partial charge is 0.317 e. The molecule has 0 atom stereocenters. The summed E-state index contributed by atoms with van der Waals surface area (Å²) in [4.78, 5) is 11.8. The predicted octanol–water partition coefficient (Wildman–Crippen LogP) is 3.44. The number of hydrogen-bond donors (Lipinski definition) is 2. The van der Waals surface area contributed by atoms with Crippen LogP contribution in [0.25, 0.3) is 0 Å². The van der Waals surface area contributed by atoms with Crippen LogP contribution in [0, 0.1) is 0 Å². The summed E-state index contributed by atoms with van der Waals surface area (Å²) in [5.74, 6) is 1.52. The van der Waals surface area contributed by atoms with E-state index in [1.54, 1.807) is 0 Å². The van der Waals surface area contributed by atoms with Gasteiger partial charge >= 0.3 is 6.03 Å². The summed E-state index contributed by atoms with van der Waals surface area (Å²) in [6.07, 6.45) is 7.11. The van der Waals surface area contributed by atoms with Gasteiger partial charge in [0.2, 0.25) is 0 Å². The Kier molecular flexibility index (Phi) is 6.87. The molecule has 0 saturated heterocycles. The molecule has 1 fully saturated rings. The van der Waals surface area contributed by atoms with Crippen molar-refractivity contribution in [1.82, 2.24) is 10.6 Å². The molecule has 2 amide bonds. The van der Waals surface area contributed by atoms with Crippen LogP contribution in [0.5, 0.6) is 11.5 Å². The lowest BCUT2D eigenvalue weighted by molar-refractivity contribution is 0.219. The number of nitrogens with one attached hydrogen (secondary N) is 2. The lowest BCUT2D eigenvalue weighted by atomic mass is 10.1. The van der Waals surface area contributed by atoms with Gasteiger partial charge < -0.3 is 20.1 Å². The van der Waals surface area contributed by atoms with Crippen molar-refractivity contribution in [2.45, 2.75) is 51.5 Å². The third-order valence-electron chi connectivity index (χ3n) is 3.80. The molecular formula is C17H26N2O3. The zero-order valence-electron chi connectivity index (χ0n) is 13.3. The Morgan fingerprint density at radius 3 is 2.23 bits per heavy atom. The largest absolute Gasteiger partial charge is 0.494 e. The summed E-state index contributed by atoms with van der Waals surface area (Å²) in [6, 6.07) is 7.51. The Morgan fingerprint density at radius 2 is 1.64 bits per heavy atom. The zero-order valence-corrected chi connectivity index (χ0v) is 13.3. The van der Waals surface area contributed by atoms with E-state index in [0.29, 0.717) is 18.4 Å². The van der Waals surface area contributed by atoms with E-state index in [1.807, 2.05) is 31.2 Å². The molecule has 122 valence electrons. The van der Waals surface area contributed by atoms with Gasteiger partial charge in [-0.15, -0.1) is 0 Å². The van der Waals surface area contributed by atoms with Gasteiger partial charge in [-0.05, 0) is 44.0 Å². The van der Waals surface area contributed by atoms with Crippen LogP contribution in [0.3, 0.4) is 0 Å². The number of carbonyl (C=O) groups is 1. The van der Waals surface area contributed by atoms with E-state index in [0.717, 1.165) is 18.6 Å². The van der Waals surface area contributed by atoms with Crippen LogP contribution in [-0.4, -0.2) is 25.4 Å². The zero-order chi connectivity index (χ0) is 15.6. The number of benzene rings is 1. The second-order valence-electron chi connectivity index (χ2n) is 5.53. The molecule has 0 radical (unpaired) electrons. The maximum absolute atomic E-state index is 11.8. The normalized spacial score (nSPS) is 15.7. The molecular weight excluding hydrogens is 280 g/mol. The van der Waals surface area contributed by atoms with Gasteiger partial charge in [0.05, 0.1) is 6.61 Å². The Balaban J connectivity index is 1.65. The van der Waals surface area contributed by atoms with E-state index in [4.69, 9.17) is 9.47 Å². The Morgan fingerprint density at radius 1 is 1.05 bits per heavy atom. The van der Waals surface area contributed by atoms with Crippen LogP contribution >= 0.6 is 0 Å². The van der Waals surface area contributed by atoms with Crippen molar-refractivity contribution in [3.05, 3.63) is 24.3 Å². The first-order valence-corrected chi connectivity index (χ1v) is 8.18. The van der Waals surface area contributed by atoms with E-state index in [-0.39, 0.29) is 12.8 Å². The molecule has 0 aromatic heterocycles. The number of rotatable bonds is 6. The van der Waals surface area contributed by atoms with Crippen molar-refractivity contribution in [1.29, 1.82) is 0 Å². The molecule has 0 spiro atoms. The first kappa shape index (κ1) is 16.5. The van der Waals surface area contributed by atoms with Gasteiger partial charge in [0, 0.05) is 6.04 Å². The second-order valence-corrected chi connectivity index (χ2v) is 5.53. The minimum atomic E-state index is -0.155. The minimum Gasteiger partial charge on any atom is -0.494 e. The summed E-state index contributed by atoms with van der Waals surface area (Å²) in [7, 11) is 0. The molecule has 2 N–H and O–H groups in total. The topological polar surface area (TPSA) is 59.6 Å². The van der Waals surface area contributed by atoms with Gasteiger partial charge in [0.25, 0.3) is 0 Å². The molecule has 0 aliphatic heterocycles. The third-order valence-corrected chi connectivity index (χ3v) is 3.80. The highest BCUT2D eigenvalue weighted by molar-refractivity contribution is 5.74. The maximum atomic E-state index is 11.8. The summed E-state index contributed by atoms with van der Waals surface area (Å²) < 4.78 is 10.9. The highest BCUT2D eigenvalue weighted by Crippen LogP contribution is 2.18. The fourth-order valence-electron chi connectivity index (χ4n) is 2.64. The SMILES string of the molecule is CCOc1ccc(OCNC(=O)NC2CCCCCC2)cc1.